The summed E-state index contributed by atoms with van der Waals surface area (Å²) in [5.41, 5.74) is 19.3. The maximum Gasteiger partial charge on any atom is 0.230 e. The molecular weight excluding hydrogens is 707 g/mol. The zero-order chi connectivity index (χ0) is 36.2. The Morgan fingerprint density at radius 3 is 1.14 bits per heavy atom. The molecule has 6 N–H and O–H groups in total. The largest absolute Gasteiger partial charge is 0.399 e. The lowest BCUT2D eigenvalue weighted by atomic mass is 10.2. The topological polar surface area (TPSA) is 160 Å². The van der Waals surface area contributed by atoms with Gasteiger partial charge >= 0.3 is 0 Å². The van der Waals surface area contributed by atoms with E-state index in [0.717, 1.165) is 45.5 Å². The molecule has 0 radical (unpaired) electrons. The van der Waals surface area contributed by atoms with E-state index in [4.69, 9.17) is 46.3 Å². The van der Waals surface area contributed by atoms with Crippen LogP contribution in [0.5, 0.6) is 0 Å². The van der Waals surface area contributed by atoms with Gasteiger partial charge in [0.15, 0.2) is 0 Å². The SMILES string of the molecule is C.CN(c1ccc(N)cc1)c1ccc(N)cc1.CNc1ccc(N(C)c2ccc(Nc3nc(C)nc(C)n3)cc2)cc1.Clc1nc(Cl)nc(Cl)n1. The van der Waals surface area contributed by atoms with E-state index in [2.05, 4.69) is 93.8 Å². The van der Waals surface area contributed by atoms with Crippen LogP contribution in [0.25, 0.3) is 0 Å². The molecule has 0 saturated carbocycles. The third kappa shape index (κ3) is 12.4. The van der Waals surface area contributed by atoms with Gasteiger partial charge in [-0.05, 0) is 146 Å². The standard InChI is InChI=1S/C19H22N6.C13H15N3.C3Cl3N3.CH4/c1-13-21-14(2)23-19(22-13)24-16-7-11-18(12-8-16)25(4)17-9-5-15(20-3)6-10-17;1-16(12-6-2-10(14)3-7-12)13-8-4-11(15)5-9-13;4-1-7-2(5)9-3(6)8-1;/h5-12,20H,1-4H3,(H,21,22,23,24);2-9H,14-15H2,1H3;;1H4. The Balaban J connectivity index is 0.000000230. The first-order valence-electron chi connectivity index (χ1n) is 15.2. The number of benzene rings is 4. The number of aryl methyl sites for hydroxylation is 2. The fourth-order valence-electron chi connectivity index (χ4n) is 4.42. The van der Waals surface area contributed by atoms with Gasteiger partial charge in [-0.3, -0.25) is 0 Å². The van der Waals surface area contributed by atoms with Crippen molar-refractivity contribution < 1.29 is 0 Å². The molecule has 0 atom stereocenters. The number of nitrogens with one attached hydrogen (secondary N) is 2. The molecule has 0 amide bonds. The molecular formula is C36H41Cl3N12. The Bertz CT molecular complexity index is 1840. The van der Waals surface area contributed by atoms with Crippen LogP contribution in [-0.2, 0) is 0 Å². The van der Waals surface area contributed by atoms with E-state index in [1.54, 1.807) is 0 Å². The molecule has 0 unspecified atom stereocenters. The van der Waals surface area contributed by atoms with Crippen molar-refractivity contribution >= 4 is 86.3 Å². The number of nitrogens with two attached hydrogens (primary N) is 2. The van der Waals surface area contributed by atoms with Crippen LogP contribution in [0.1, 0.15) is 19.1 Å². The fourth-order valence-corrected chi connectivity index (χ4v) is 5.03. The molecule has 0 aliphatic rings. The number of anilines is 9. The molecule has 0 saturated heterocycles. The first-order valence-corrected chi connectivity index (χ1v) is 16.3. The second kappa shape index (κ2) is 19.1. The van der Waals surface area contributed by atoms with E-state index >= 15 is 0 Å². The van der Waals surface area contributed by atoms with Crippen molar-refractivity contribution in [1.29, 1.82) is 0 Å². The summed E-state index contributed by atoms with van der Waals surface area (Å²) in [6.45, 7) is 3.72. The minimum Gasteiger partial charge on any atom is -0.399 e. The van der Waals surface area contributed by atoms with Gasteiger partial charge in [-0.15, -0.1) is 0 Å². The highest BCUT2D eigenvalue weighted by atomic mass is 35.5. The molecule has 6 aromatic rings. The highest BCUT2D eigenvalue weighted by molar-refractivity contribution is 6.33. The van der Waals surface area contributed by atoms with E-state index in [1.807, 2.05) is 88.6 Å². The predicted molar refractivity (Wildman–Crippen MR) is 214 cm³/mol. The van der Waals surface area contributed by atoms with Crippen molar-refractivity contribution in [2.24, 2.45) is 0 Å². The first kappa shape index (κ1) is 40.0. The molecule has 0 fully saturated rings. The minimum atomic E-state index is 0. The minimum absolute atomic E-state index is 0. The molecule has 2 heterocycles. The highest BCUT2D eigenvalue weighted by Crippen LogP contribution is 2.27. The van der Waals surface area contributed by atoms with Crippen LogP contribution in [0, 0.1) is 13.8 Å². The van der Waals surface area contributed by atoms with Crippen molar-refractivity contribution in [3.8, 4) is 0 Å². The number of nitrogens with zero attached hydrogens (tertiary/aromatic N) is 8. The molecule has 0 aliphatic heterocycles. The lowest BCUT2D eigenvalue weighted by molar-refractivity contribution is 0.928. The Morgan fingerprint density at radius 1 is 0.490 bits per heavy atom. The van der Waals surface area contributed by atoms with Gasteiger partial charge < -0.3 is 31.9 Å². The number of halogens is 3. The van der Waals surface area contributed by atoms with Gasteiger partial charge in [-0.25, -0.2) is 4.98 Å². The summed E-state index contributed by atoms with van der Waals surface area (Å²) >= 11 is 16.0. The second-order valence-electron chi connectivity index (χ2n) is 10.7. The molecule has 2 aromatic heterocycles. The van der Waals surface area contributed by atoms with Crippen LogP contribution < -0.4 is 31.9 Å². The molecule has 6 rings (SSSR count). The Kier molecular flexibility index (Phi) is 15.0. The number of nitrogen functional groups attached to an aromatic ring is 2. The molecule has 0 aliphatic carbocycles. The number of rotatable bonds is 7. The zero-order valence-corrected chi connectivity index (χ0v) is 30.4. The van der Waals surface area contributed by atoms with Crippen LogP contribution in [-0.4, -0.2) is 51.0 Å². The quantitative estimate of drug-likeness (QED) is 0.115. The summed E-state index contributed by atoms with van der Waals surface area (Å²) in [5, 5.41) is 6.35. The van der Waals surface area contributed by atoms with Crippen molar-refractivity contribution in [3.05, 3.63) is 125 Å². The van der Waals surface area contributed by atoms with Crippen molar-refractivity contribution in [2.45, 2.75) is 21.3 Å². The van der Waals surface area contributed by atoms with Crippen LogP contribution in [0.4, 0.5) is 51.4 Å². The third-order valence-corrected chi connectivity index (χ3v) is 7.53. The van der Waals surface area contributed by atoms with Gasteiger partial charge in [0.05, 0.1) is 0 Å². The summed E-state index contributed by atoms with van der Waals surface area (Å²) in [4.78, 5) is 27.4. The normalized spacial score (nSPS) is 9.96. The Morgan fingerprint density at radius 2 is 0.804 bits per heavy atom. The molecule has 15 heteroatoms. The number of hydrogen-bond acceptors (Lipinski definition) is 12. The van der Waals surface area contributed by atoms with E-state index in [0.29, 0.717) is 17.6 Å². The van der Waals surface area contributed by atoms with Crippen molar-refractivity contribution in [1.82, 2.24) is 29.9 Å². The van der Waals surface area contributed by atoms with Gasteiger partial charge in [-0.2, -0.15) is 24.9 Å². The maximum atomic E-state index is 5.65. The summed E-state index contributed by atoms with van der Waals surface area (Å²) in [5.74, 6) is 1.97. The Labute approximate surface area is 313 Å². The molecule has 51 heavy (non-hydrogen) atoms. The maximum absolute atomic E-state index is 5.65. The van der Waals surface area contributed by atoms with E-state index < -0.39 is 0 Å². The number of hydrogen-bond donors (Lipinski definition) is 4. The molecule has 4 aromatic carbocycles. The smallest absolute Gasteiger partial charge is 0.230 e. The van der Waals surface area contributed by atoms with E-state index in [1.165, 1.54) is 0 Å². The summed E-state index contributed by atoms with van der Waals surface area (Å²) in [7, 11) is 5.98. The van der Waals surface area contributed by atoms with Crippen LogP contribution in [0.15, 0.2) is 97.1 Å². The molecule has 266 valence electrons. The second-order valence-corrected chi connectivity index (χ2v) is 11.7. The average molecular weight is 748 g/mol. The van der Waals surface area contributed by atoms with Crippen LogP contribution >= 0.6 is 34.8 Å². The fraction of sp³-hybridized carbons (Fsp3) is 0.167. The van der Waals surface area contributed by atoms with Gasteiger partial charge in [0.25, 0.3) is 0 Å². The highest BCUT2D eigenvalue weighted by Gasteiger charge is 2.06. The molecule has 12 nitrogen and oxygen atoms in total. The van der Waals surface area contributed by atoms with Gasteiger partial charge in [-0.1, -0.05) is 7.43 Å². The van der Waals surface area contributed by atoms with Crippen molar-refractivity contribution in [2.75, 3.05) is 53.0 Å². The monoisotopic (exact) mass is 746 g/mol. The predicted octanol–water partition coefficient (Wildman–Crippen LogP) is 9.13. The summed E-state index contributed by atoms with van der Waals surface area (Å²) in [6, 6.07) is 32.0. The van der Waals surface area contributed by atoms with Crippen LogP contribution in [0.3, 0.4) is 0 Å². The van der Waals surface area contributed by atoms with E-state index in [9.17, 15) is 0 Å². The Hall–Kier alpha value is -5.43. The van der Waals surface area contributed by atoms with Gasteiger partial charge in [0.1, 0.15) is 11.6 Å². The van der Waals surface area contributed by atoms with Gasteiger partial charge in [0.2, 0.25) is 21.8 Å². The van der Waals surface area contributed by atoms with Crippen molar-refractivity contribution in [3.63, 3.8) is 0 Å². The summed E-state index contributed by atoms with van der Waals surface area (Å²) in [6.07, 6.45) is 0. The first-order chi connectivity index (χ1) is 23.9. The van der Waals surface area contributed by atoms with E-state index in [-0.39, 0.29) is 23.3 Å². The lowest BCUT2D eigenvalue weighted by Crippen LogP contribution is -2.09. The lowest BCUT2D eigenvalue weighted by Gasteiger charge is -2.20. The molecule has 0 spiro atoms. The van der Waals surface area contributed by atoms with Gasteiger partial charge in [0, 0.05) is 66.6 Å². The summed E-state index contributed by atoms with van der Waals surface area (Å²) < 4.78 is 0. The zero-order valence-electron chi connectivity index (χ0n) is 28.1. The molecule has 0 bridgehead atoms. The van der Waals surface area contributed by atoms with Crippen LogP contribution in [0.2, 0.25) is 15.9 Å². The third-order valence-electron chi connectivity index (χ3n) is 7.03. The number of aromatic nitrogens is 6. The average Bonchev–Trinajstić information content (AvgIpc) is 3.08.